The maximum atomic E-state index is 5.63. The highest BCUT2D eigenvalue weighted by Crippen LogP contribution is 2.29. The number of nitrogens with one attached hydrogen (secondary N) is 1. The third-order valence-electron chi connectivity index (χ3n) is 3.06. The molecule has 0 atom stereocenters. The van der Waals surface area contributed by atoms with Gasteiger partial charge in [0.25, 0.3) is 0 Å². The van der Waals surface area contributed by atoms with Gasteiger partial charge in [0.15, 0.2) is 5.84 Å². The van der Waals surface area contributed by atoms with E-state index in [1.807, 2.05) is 11.3 Å². The number of aryl methyl sites for hydroxylation is 2. The number of rotatable bonds is 1. The average molecular weight is 265 g/mol. The van der Waals surface area contributed by atoms with Crippen molar-refractivity contribution in [3.05, 3.63) is 21.4 Å². The van der Waals surface area contributed by atoms with E-state index in [4.69, 9.17) is 5.84 Å². The Balaban J connectivity index is 2.30. The molecule has 3 nitrogen and oxygen atoms in total. The number of nitrogens with two attached hydrogens (primary N) is 1. The van der Waals surface area contributed by atoms with E-state index < -0.39 is 0 Å². The smallest absolute Gasteiger partial charge is 0.153 e. The van der Waals surface area contributed by atoms with Gasteiger partial charge in [0, 0.05) is 4.88 Å². The van der Waals surface area contributed by atoms with Crippen molar-refractivity contribution in [2.75, 3.05) is 0 Å². The third-order valence-corrected chi connectivity index (χ3v) is 4.31. The summed E-state index contributed by atoms with van der Waals surface area (Å²) in [7, 11) is 0. The molecule has 0 bridgehead atoms. The zero-order chi connectivity index (χ0) is 13.2. The van der Waals surface area contributed by atoms with Gasteiger partial charge in [-0.3, -0.25) is 4.99 Å². The van der Waals surface area contributed by atoms with Crippen molar-refractivity contribution in [2.45, 2.75) is 58.4 Å². The fourth-order valence-electron chi connectivity index (χ4n) is 2.28. The molecule has 0 unspecified atom stereocenters. The van der Waals surface area contributed by atoms with E-state index in [0.717, 1.165) is 5.84 Å². The Bertz CT molecular complexity index is 417. The Labute approximate surface area is 113 Å². The molecule has 1 heterocycles. The van der Waals surface area contributed by atoms with E-state index in [-0.39, 0.29) is 5.54 Å². The molecule has 4 heteroatoms. The SMILES string of the molecule is CC(C)(C)N=C(NN)c1cc2c(s1)CCCCC2. The minimum Gasteiger partial charge on any atom is -0.308 e. The van der Waals surface area contributed by atoms with Crippen LogP contribution in [0.4, 0.5) is 0 Å². The summed E-state index contributed by atoms with van der Waals surface area (Å²) >= 11 is 1.85. The van der Waals surface area contributed by atoms with Gasteiger partial charge in [-0.05, 0) is 58.1 Å². The number of hydrogen-bond acceptors (Lipinski definition) is 3. The second-order valence-corrected chi connectivity index (χ2v) is 7.03. The van der Waals surface area contributed by atoms with Crippen molar-refractivity contribution in [1.29, 1.82) is 0 Å². The number of hydrazine groups is 1. The summed E-state index contributed by atoms with van der Waals surface area (Å²) in [6.45, 7) is 6.26. The molecule has 1 aromatic heterocycles. The van der Waals surface area contributed by atoms with Gasteiger partial charge in [-0.25, -0.2) is 5.84 Å². The molecule has 0 aliphatic heterocycles. The molecule has 0 saturated heterocycles. The molecule has 0 radical (unpaired) electrons. The van der Waals surface area contributed by atoms with Crippen LogP contribution in [0.5, 0.6) is 0 Å². The van der Waals surface area contributed by atoms with E-state index in [1.54, 1.807) is 0 Å². The second-order valence-electron chi connectivity index (χ2n) is 5.90. The fraction of sp³-hybridized carbons (Fsp3) is 0.643. The van der Waals surface area contributed by atoms with Crippen LogP contribution in [0.1, 0.15) is 55.4 Å². The first kappa shape index (κ1) is 13.6. The Morgan fingerprint density at radius 3 is 2.67 bits per heavy atom. The summed E-state index contributed by atoms with van der Waals surface area (Å²) in [5.74, 6) is 6.45. The molecule has 0 aromatic carbocycles. The molecule has 3 N–H and O–H groups in total. The summed E-state index contributed by atoms with van der Waals surface area (Å²) in [6, 6.07) is 2.27. The average Bonchev–Trinajstić information content (AvgIpc) is 2.56. The van der Waals surface area contributed by atoms with Gasteiger partial charge in [0.05, 0.1) is 10.4 Å². The number of hydrogen-bond donors (Lipinski definition) is 2. The van der Waals surface area contributed by atoms with Crippen LogP contribution in [-0.4, -0.2) is 11.4 Å². The molecule has 0 amide bonds. The van der Waals surface area contributed by atoms with Crippen LogP contribution in [0.15, 0.2) is 11.1 Å². The number of fused-ring (bicyclic) bond motifs is 1. The van der Waals surface area contributed by atoms with Crippen molar-refractivity contribution in [2.24, 2.45) is 10.8 Å². The lowest BCUT2D eigenvalue weighted by molar-refractivity contribution is 0.580. The first-order valence-corrected chi connectivity index (χ1v) is 7.50. The van der Waals surface area contributed by atoms with Crippen LogP contribution in [0, 0.1) is 0 Å². The van der Waals surface area contributed by atoms with Crippen molar-refractivity contribution >= 4 is 17.2 Å². The first-order chi connectivity index (χ1) is 8.49. The van der Waals surface area contributed by atoms with Crippen LogP contribution in [0.2, 0.25) is 0 Å². The quantitative estimate of drug-likeness (QED) is 0.270. The summed E-state index contributed by atoms with van der Waals surface area (Å²) in [6.07, 6.45) is 6.40. The van der Waals surface area contributed by atoms with Gasteiger partial charge in [-0.1, -0.05) is 6.42 Å². The van der Waals surface area contributed by atoms with Crippen LogP contribution < -0.4 is 11.3 Å². The monoisotopic (exact) mass is 265 g/mol. The second kappa shape index (κ2) is 5.41. The van der Waals surface area contributed by atoms with Crippen molar-refractivity contribution < 1.29 is 0 Å². The Morgan fingerprint density at radius 1 is 1.28 bits per heavy atom. The Hall–Kier alpha value is -0.870. The molecule has 1 aliphatic rings. The number of thiophene rings is 1. The van der Waals surface area contributed by atoms with Crippen molar-refractivity contribution in [1.82, 2.24) is 5.43 Å². The predicted molar refractivity (Wildman–Crippen MR) is 79.2 cm³/mol. The lowest BCUT2D eigenvalue weighted by Gasteiger charge is -2.14. The lowest BCUT2D eigenvalue weighted by Crippen LogP contribution is -2.33. The summed E-state index contributed by atoms with van der Waals surface area (Å²) < 4.78 is 0. The van der Waals surface area contributed by atoms with Gasteiger partial charge in [0.2, 0.25) is 0 Å². The van der Waals surface area contributed by atoms with E-state index in [1.165, 1.54) is 47.4 Å². The molecular weight excluding hydrogens is 242 g/mol. The van der Waals surface area contributed by atoms with Gasteiger partial charge >= 0.3 is 0 Å². The van der Waals surface area contributed by atoms with E-state index >= 15 is 0 Å². The molecule has 0 spiro atoms. The highest BCUT2D eigenvalue weighted by molar-refractivity contribution is 7.14. The number of amidine groups is 1. The van der Waals surface area contributed by atoms with Crippen LogP contribution in [0.25, 0.3) is 0 Å². The number of nitrogens with zero attached hydrogens (tertiary/aromatic N) is 1. The number of aliphatic imine (C=N–C) groups is 1. The molecule has 0 saturated carbocycles. The summed E-state index contributed by atoms with van der Waals surface area (Å²) in [5.41, 5.74) is 4.16. The van der Waals surface area contributed by atoms with E-state index in [0.29, 0.717) is 0 Å². The fourth-order valence-corrected chi connectivity index (χ4v) is 3.48. The maximum absolute atomic E-state index is 5.63. The molecule has 0 fully saturated rings. The largest absolute Gasteiger partial charge is 0.308 e. The minimum atomic E-state index is -0.108. The standard InChI is InChI=1S/C14H23N3S/c1-14(2,3)16-13(17-15)12-9-10-7-5-4-6-8-11(10)18-12/h9H,4-8,15H2,1-3H3,(H,16,17). The third kappa shape index (κ3) is 3.33. The molecule has 1 aliphatic carbocycles. The van der Waals surface area contributed by atoms with Crippen molar-refractivity contribution in [3.63, 3.8) is 0 Å². The summed E-state index contributed by atoms with van der Waals surface area (Å²) in [5, 5.41) is 0. The zero-order valence-electron chi connectivity index (χ0n) is 11.5. The maximum Gasteiger partial charge on any atom is 0.153 e. The highest BCUT2D eigenvalue weighted by atomic mass is 32.1. The van der Waals surface area contributed by atoms with Crippen LogP contribution in [0.3, 0.4) is 0 Å². The van der Waals surface area contributed by atoms with Gasteiger partial charge in [-0.2, -0.15) is 0 Å². The molecule has 2 rings (SSSR count). The lowest BCUT2D eigenvalue weighted by atomic mass is 10.1. The molecule has 1 aromatic rings. The highest BCUT2D eigenvalue weighted by Gasteiger charge is 2.17. The molecular formula is C14H23N3S. The Morgan fingerprint density at radius 2 is 2.00 bits per heavy atom. The van der Waals surface area contributed by atoms with E-state index in [2.05, 4.69) is 37.3 Å². The normalized spacial score (nSPS) is 17.2. The van der Waals surface area contributed by atoms with Crippen LogP contribution in [-0.2, 0) is 12.8 Å². The van der Waals surface area contributed by atoms with Gasteiger partial charge < -0.3 is 5.43 Å². The molecule has 100 valence electrons. The molecule has 18 heavy (non-hydrogen) atoms. The van der Waals surface area contributed by atoms with Gasteiger partial charge in [0.1, 0.15) is 0 Å². The summed E-state index contributed by atoms with van der Waals surface area (Å²) in [4.78, 5) is 7.36. The zero-order valence-corrected chi connectivity index (χ0v) is 12.4. The van der Waals surface area contributed by atoms with E-state index in [9.17, 15) is 0 Å². The topological polar surface area (TPSA) is 50.4 Å². The first-order valence-electron chi connectivity index (χ1n) is 6.68. The minimum absolute atomic E-state index is 0.108. The predicted octanol–water partition coefficient (Wildman–Crippen LogP) is 3.03. The van der Waals surface area contributed by atoms with Crippen molar-refractivity contribution in [3.8, 4) is 0 Å². The Kier molecular flexibility index (Phi) is 4.07. The van der Waals surface area contributed by atoms with Gasteiger partial charge in [-0.15, -0.1) is 11.3 Å². The van der Waals surface area contributed by atoms with Crippen LogP contribution >= 0.6 is 11.3 Å².